The Morgan fingerprint density at radius 1 is 1.30 bits per heavy atom. The number of aromatic nitrogens is 3. The van der Waals surface area contributed by atoms with Crippen LogP contribution < -0.4 is 10.1 Å². The lowest BCUT2D eigenvalue weighted by atomic mass is 9.86. The van der Waals surface area contributed by atoms with E-state index in [-0.39, 0.29) is 5.91 Å². The summed E-state index contributed by atoms with van der Waals surface area (Å²) in [6.07, 6.45) is 7.70. The lowest BCUT2D eigenvalue weighted by molar-refractivity contribution is -0.119. The number of hydrogen-bond donors (Lipinski definition) is 2. The summed E-state index contributed by atoms with van der Waals surface area (Å²) < 4.78 is 5.86. The minimum absolute atomic E-state index is 0.0631. The molecular formula is C17H22N4O2. The maximum absolute atomic E-state index is 11.1. The number of amides is 1. The standard InChI is InChI=1S/C17H22N4O2/c1-12(22)20-14-4-2-13(3-5-14)11-23-15-6-7-16(18-10-15)17-8-9-19-21-17/h6-10,13-14H,2-5,11H2,1H3,(H,19,21)(H,20,22). The maximum Gasteiger partial charge on any atom is 0.217 e. The van der Waals surface area contributed by atoms with Crippen molar-refractivity contribution in [2.24, 2.45) is 5.92 Å². The van der Waals surface area contributed by atoms with E-state index in [1.54, 1.807) is 19.3 Å². The van der Waals surface area contributed by atoms with Crippen LogP contribution in [0.25, 0.3) is 11.4 Å². The Bertz CT molecular complexity index is 617. The molecule has 0 saturated heterocycles. The summed E-state index contributed by atoms with van der Waals surface area (Å²) in [7, 11) is 0. The van der Waals surface area contributed by atoms with E-state index in [1.807, 2.05) is 18.2 Å². The van der Waals surface area contributed by atoms with Crippen LogP contribution >= 0.6 is 0 Å². The van der Waals surface area contributed by atoms with E-state index in [0.29, 0.717) is 18.6 Å². The Hall–Kier alpha value is -2.37. The third kappa shape index (κ3) is 4.31. The van der Waals surface area contributed by atoms with Gasteiger partial charge >= 0.3 is 0 Å². The molecule has 2 N–H and O–H groups in total. The molecule has 0 spiro atoms. The molecule has 2 aromatic heterocycles. The molecule has 0 unspecified atom stereocenters. The van der Waals surface area contributed by atoms with E-state index in [1.165, 1.54) is 0 Å². The van der Waals surface area contributed by atoms with E-state index < -0.39 is 0 Å². The summed E-state index contributed by atoms with van der Waals surface area (Å²) in [5, 5.41) is 9.81. The summed E-state index contributed by atoms with van der Waals surface area (Å²) in [5.41, 5.74) is 1.75. The van der Waals surface area contributed by atoms with Gasteiger partial charge in [0.2, 0.25) is 5.91 Å². The number of nitrogens with zero attached hydrogens (tertiary/aromatic N) is 2. The number of carbonyl (C=O) groups is 1. The van der Waals surface area contributed by atoms with Gasteiger partial charge in [0.1, 0.15) is 5.75 Å². The van der Waals surface area contributed by atoms with Crippen molar-refractivity contribution in [1.82, 2.24) is 20.5 Å². The highest BCUT2D eigenvalue weighted by Gasteiger charge is 2.22. The third-order valence-electron chi connectivity index (χ3n) is 4.25. The molecule has 1 aliphatic carbocycles. The first kappa shape index (κ1) is 15.5. The van der Waals surface area contributed by atoms with Gasteiger partial charge in [-0.25, -0.2) is 0 Å². The van der Waals surface area contributed by atoms with Crippen molar-refractivity contribution in [2.45, 2.75) is 38.6 Å². The Labute approximate surface area is 135 Å². The summed E-state index contributed by atoms with van der Waals surface area (Å²) in [6, 6.07) is 6.08. The fraction of sp³-hybridized carbons (Fsp3) is 0.471. The smallest absolute Gasteiger partial charge is 0.217 e. The Morgan fingerprint density at radius 3 is 2.74 bits per heavy atom. The van der Waals surface area contributed by atoms with Crippen molar-refractivity contribution >= 4 is 5.91 Å². The van der Waals surface area contributed by atoms with Crippen LogP contribution in [0.4, 0.5) is 0 Å². The topological polar surface area (TPSA) is 79.9 Å². The van der Waals surface area contributed by atoms with Gasteiger partial charge in [0, 0.05) is 19.2 Å². The second kappa shape index (κ2) is 7.26. The Kier molecular flexibility index (Phi) is 4.90. The zero-order chi connectivity index (χ0) is 16.1. The van der Waals surface area contributed by atoms with E-state index in [0.717, 1.165) is 42.8 Å². The van der Waals surface area contributed by atoms with Crippen molar-refractivity contribution in [2.75, 3.05) is 6.61 Å². The first-order chi connectivity index (χ1) is 11.2. The lowest BCUT2D eigenvalue weighted by Crippen LogP contribution is -2.37. The van der Waals surface area contributed by atoms with E-state index in [4.69, 9.17) is 4.74 Å². The number of pyridine rings is 1. The molecule has 1 aliphatic rings. The number of H-pyrrole nitrogens is 1. The summed E-state index contributed by atoms with van der Waals surface area (Å²) in [6.45, 7) is 2.28. The van der Waals surface area contributed by atoms with Crippen LogP contribution in [0.2, 0.25) is 0 Å². The van der Waals surface area contributed by atoms with Crippen molar-refractivity contribution in [3.05, 3.63) is 30.6 Å². The molecular weight excluding hydrogens is 292 g/mol. The second-order valence-corrected chi connectivity index (χ2v) is 6.08. The van der Waals surface area contributed by atoms with Crippen LogP contribution in [0, 0.1) is 5.92 Å². The molecule has 0 aliphatic heterocycles. The second-order valence-electron chi connectivity index (χ2n) is 6.08. The number of aromatic amines is 1. The first-order valence-electron chi connectivity index (χ1n) is 8.06. The van der Waals surface area contributed by atoms with Gasteiger partial charge in [-0.05, 0) is 49.8 Å². The Balaban J connectivity index is 1.45. The summed E-state index contributed by atoms with van der Waals surface area (Å²) in [5.74, 6) is 1.40. The van der Waals surface area contributed by atoms with E-state index >= 15 is 0 Å². The summed E-state index contributed by atoms with van der Waals surface area (Å²) in [4.78, 5) is 15.5. The van der Waals surface area contributed by atoms with Gasteiger partial charge in [0.25, 0.3) is 0 Å². The predicted molar refractivity (Wildman–Crippen MR) is 86.9 cm³/mol. The number of hydrogen-bond acceptors (Lipinski definition) is 4. The highest BCUT2D eigenvalue weighted by Crippen LogP contribution is 2.25. The third-order valence-corrected chi connectivity index (χ3v) is 4.25. The molecule has 6 nitrogen and oxygen atoms in total. The highest BCUT2D eigenvalue weighted by atomic mass is 16.5. The molecule has 6 heteroatoms. The molecule has 23 heavy (non-hydrogen) atoms. The van der Waals surface area contributed by atoms with Gasteiger partial charge in [-0.1, -0.05) is 0 Å². The molecule has 1 amide bonds. The van der Waals surface area contributed by atoms with Crippen LogP contribution in [0.15, 0.2) is 30.6 Å². The molecule has 0 aromatic carbocycles. The normalized spacial score (nSPS) is 20.9. The monoisotopic (exact) mass is 314 g/mol. The van der Waals surface area contributed by atoms with Crippen molar-refractivity contribution < 1.29 is 9.53 Å². The van der Waals surface area contributed by atoms with Gasteiger partial charge in [0.15, 0.2) is 0 Å². The minimum atomic E-state index is 0.0631. The summed E-state index contributed by atoms with van der Waals surface area (Å²) >= 11 is 0. The maximum atomic E-state index is 11.1. The highest BCUT2D eigenvalue weighted by molar-refractivity contribution is 5.73. The van der Waals surface area contributed by atoms with Crippen LogP contribution in [0.1, 0.15) is 32.6 Å². The Morgan fingerprint density at radius 2 is 2.13 bits per heavy atom. The predicted octanol–water partition coefficient (Wildman–Crippen LogP) is 2.55. The molecule has 0 bridgehead atoms. The largest absolute Gasteiger partial charge is 0.492 e. The molecule has 1 saturated carbocycles. The molecule has 2 aromatic rings. The van der Waals surface area contributed by atoms with Crippen LogP contribution in [-0.4, -0.2) is 33.7 Å². The molecule has 1 fully saturated rings. The zero-order valence-electron chi connectivity index (χ0n) is 13.3. The molecule has 2 heterocycles. The van der Waals surface area contributed by atoms with Gasteiger partial charge in [-0.2, -0.15) is 5.10 Å². The van der Waals surface area contributed by atoms with Crippen molar-refractivity contribution in [3.8, 4) is 17.1 Å². The molecule has 0 atom stereocenters. The molecule has 122 valence electrons. The van der Waals surface area contributed by atoms with Crippen LogP contribution in [0.5, 0.6) is 5.75 Å². The lowest BCUT2D eigenvalue weighted by Gasteiger charge is -2.28. The molecule has 0 radical (unpaired) electrons. The van der Waals surface area contributed by atoms with Gasteiger partial charge in [-0.3, -0.25) is 14.9 Å². The minimum Gasteiger partial charge on any atom is -0.492 e. The number of ether oxygens (including phenoxy) is 1. The fourth-order valence-corrected chi connectivity index (χ4v) is 3.00. The zero-order valence-corrected chi connectivity index (χ0v) is 13.3. The van der Waals surface area contributed by atoms with Crippen molar-refractivity contribution in [3.63, 3.8) is 0 Å². The van der Waals surface area contributed by atoms with E-state index in [2.05, 4.69) is 20.5 Å². The number of nitrogens with one attached hydrogen (secondary N) is 2. The quantitative estimate of drug-likeness (QED) is 0.889. The SMILES string of the molecule is CC(=O)NC1CCC(COc2ccc(-c3ccn[nH]3)nc2)CC1. The molecule has 3 rings (SSSR count). The van der Waals surface area contributed by atoms with Crippen LogP contribution in [0.3, 0.4) is 0 Å². The average molecular weight is 314 g/mol. The van der Waals surface area contributed by atoms with Crippen LogP contribution in [-0.2, 0) is 4.79 Å². The average Bonchev–Trinajstić information content (AvgIpc) is 3.09. The van der Waals surface area contributed by atoms with Gasteiger partial charge in [0.05, 0.1) is 24.2 Å². The van der Waals surface area contributed by atoms with E-state index in [9.17, 15) is 4.79 Å². The van der Waals surface area contributed by atoms with Crippen molar-refractivity contribution in [1.29, 1.82) is 0 Å². The van der Waals surface area contributed by atoms with Gasteiger partial charge in [-0.15, -0.1) is 0 Å². The number of rotatable bonds is 5. The number of carbonyl (C=O) groups excluding carboxylic acids is 1. The first-order valence-corrected chi connectivity index (χ1v) is 8.06. The van der Waals surface area contributed by atoms with Gasteiger partial charge < -0.3 is 10.1 Å². The fourth-order valence-electron chi connectivity index (χ4n) is 3.00.